The number of hydrogen-bond donors (Lipinski definition) is 1. The maximum atomic E-state index is 10.5. The third-order valence-electron chi connectivity index (χ3n) is 1.92. The molecular weight excluding hydrogens is 286 g/mol. The summed E-state index contributed by atoms with van der Waals surface area (Å²) in [4.78, 5) is 10.5. The Labute approximate surface area is 114 Å². The molecule has 0 fully saturated rings. The second kappa shape index (κ2) is 6.15. The van der Waals surface area contributed by atoms with E-state index in [4.69, 9.17) is 44.6 Å². The van der Waals surface area contributed by atoms with Crippen LogP contribution in [0.25, 0.3) is 0 Å². The van der Waals surface area contributed by atoms with Gasteiger partial charge >= 0.3 is 5.97 Å². The molecule has 92 valence electrons. The minimum absolute atomic E-state index is 0.0613. The Hall–Kier alpha value is -0.900. The van der Waals surface area contributed by atoms with Crippen molar-refractivity contribution in [2.45, 2.75) is 6.42 Å². The smallest absolute Gasteiger partial charge is 0.331 e. The highest BCUT2D eigenvalue weighted by molar-refractivity contribution is 6.40. The molecule has 0 amide bonds. The van der Waals surface area contributed by atoms with Crippen LogP contribution in [0.2, 0.25) is 15.1 Å². The van der Waals surface area contributed by atoms with Crippen molar-refractivity contribution in [1.29, 1.82) is 0 Å². The Kier molecular flexibility index (Phi) is 5.12. The largest absolute Gasteiger partial charge is 0.490 e. The van der Waals surface area contributed by atoms with E-state index in [-0.39, 0.29) is 34.4 Å². The molecule has 0 aliphatic heterocycles. The van der Waals surface area contributed by atoms with Crippen LogP contribution in [0.1, 0.15) is 6.42 Å². The van der Waals surface area contributed by atoms with Gasteiger partial charge in [-0.05, 0) is 12.1 Å². The molecule has 0 aliphatic carbocycles. The monoisotopic (exact) mass is 294 g/mol. The van der Waals surface area contributed by atoms with E-state index in [2.05, 4.69) is 6.58 Å². The van der Waals surface area contributed by atoms with Gasteiger partial charge in [-0.15, -0.1) is 0 Å². The van der Waals surface area contributed by atoms with E-state index in [0.29, 0.717) is 5.02 Å². The summed E-state index contributed by atoms with van der Waals surface area (Å²) in [6, 6.07) is 2.99. The Balaban J connectivity index is 2.64. The number of ether oxygens (including phenoxy) is 1. The maximum Gasteiger partial charge on any atom is 0.331 e. The minimum atomic E-state index is -1.05. The fourth-order valence-corrected chi connectivity index (χ4v) is 1.98. The normalized spacial score (nSPS) is 10.1. The summed E-state index contributed by atoms with van der Waals surface area (Å²) in [5.41, 5.74) is 0.0613. The van der Waals surface area contributed by atoms with Crippen LogP contribution in [0, 0.1) is 0 Å². The van der Waals surface area contributed by atoms with Gasteiger partial charge in [-0.1, -0.05) is 41.4 Å². The summed E-state index contributed by atoms with van der Waals surface area (Å²) in [5.74, 6) is -0.766. The zero-order chi connectivity index (χ0) is 13.0. The van der Waals surface area contributed by atoms with Gasteiger partial charge in [0.05, 0.1) is 16.7 Å². The lowest BCUT2D eigenvalue weighted by Crippen LogP contribution is -2.05. The molecule has 3 nitrogen and oxygen atoms in total. The van der Waals surface area contributed by atoms with Crippen LogP contribution in [0.3, 0.4) is 0 Å². The first kappa shape index (κ1) is 14.2. The van der Waals surface area contributed by atoms with Gasteiger partial charge in [0.15, 0.2) is 5.75 Å². The predicted molar refractivity (Wildman–Crippen MR) is 68.4 cm³/mol. The van der Waals surface area contributed by atoms with E-state index in [1.807, 2.05) is 0 Å². The Morgan fingerprint density at radius 3 is 2.29 bits per heavy atom. The Bertz CT molecular complexity index is 434. The first-order valence-electron chi connectivity index (χ1n) is 4.60. The quantitative estimate of drug-likeness (QED) is 0.833. The Morgan fingerprint density at radius 1 is 1.29 bits per heavy atom. The minimum Gasteiger partial charge on any atom is -0.490 e. The fraction of sp³-hybridized carbons (Fsp3) is 0.182. The van der Waals surface area contributed by atoms with Gasteiger partial charge in [0.1, 0.15) is 0 Å². The first-order chi connectivity index (χ1) is 7.91. The van der Waals surface area contributed by atoms with Crippen molar-refractivity contribution in [2.75, 3.05) is 6.61 Å². The lowest BCUT2D eigenvalue weighted by Gasteiger charge is -2.10. The van der Waals surface area contributed by atoms with E-state index in [1.54, 1.807) is 0 Å². The summed E-state index contributed by atoms with van der Waals surface area (Å²) in [6.45, 7) is 3.51. The molecule has 0 radical (unpaired) electrons. The van der Waals surface area contributed by atoms with E-state index >= 15 is 0 Å². The topological polar surface area (TPSA) is 46.5 Å². The summed E-state index contributed by atoms with van der Waals surface area (Å²) < 4.78 is 5.30. The highest BCUT2D eigenvalue weighted by Gasteiger charge is 2.10. The van der Waals surface area contributed by atoms with Crippen LogP contribution < -0.4 is 4.74 Å². The Morgan fingerprint density at radius 2 is 1.82 bits per heavy atom. The molecule has 17 heavy (non-hydrogen) atoms. The van der Waals surface area contributed by atoms with Crippen LogP contribution >= 0.6 is 34.8 Å². The second-order valence-electron chi connectivity index (χ2n) is 3.21. The molecule has 0 aliphatic rings. The molecule has 0 saturated carbocycles. The van der Waals surface area contributed by atoms with Crippen molar-refractivity contribution in [3.8, 4) is 5.75 Å². The van der Waals surface area contributed by atoms with Crippen molar-refractivity contribution in [1.82, 2.24) is 0 Å². The molecule has 0 saturated heterocycles. The average Bonchev–Trinajstić information content (AvgIpc) is 2.21. The number of rotatable bonds is 5. The third kappa shape index (κ3) is 4.11. The molecular formula is C11H9Cl3O3. The van der Waals surface area contributed by atoms with Crippen LogP contribution in [0.15, 0.2) is 24.3 Å². The molecule has 0 atom stereocenters. The molecule has 1 N–H and O–H groups in total. The summed E-state index contributed by atoms with van der Waals surface area (Å²) in [5, 5.41) is 9.57. The molecule has 0 aromatic heterocycles. The third-order valence-corrected chi connectivity index (χ3v) is 2.70. The average molecular weight is 296 g/mol. The van der Waals surface area contributed by atoms with Crippen molar-refractivity contribution in [3.63, 3.8) is 0 Å². The van der Waals surface area contributed by atoms with Gasteiger partial charge in [-0.2, -0.15) is 0 Å². The fourth-order valence-electron chi connectivity index (χ4n) is 1.05. The van der Waals surface area contributed by atoms with Gasteiger partial charge in [-0.3, -0.25) is 0 Å². The van der Waals surface area contributed by atoms with E-state index in [9.17, 15) is 4.79 Å². The number of carboxylic acid groups (broad SMARTS) is 1. The van der Waals surface area contributed by atoms with Crippen molar-refractivity contribution in [2.24, 2.45) is 0 Å². The highest BCUT2D eigenvalue weighted by Crippen LogP contribution is 2.35. The van der Waals surface area contributed by atoms with Crippen LogP contribution in [0.5, 0.6) is 5.75 Å². The van der Waals surface area contributed by atoms with Gasteiger partial charge in [-0.25, -0.2) is 4.79 Å². The summed E-state index contributed by atoms with van der Waals surface area (Å²) in [6.07, 6.45) is 0.185. The van der Waals surface area contributed by atoms with Crippen molar-refractivity contribution in [3.05, 3.63) is 39.4 Å². The number of hydrogen-bond acceptors (Lipinski definition) is 2. The lowest BCUT2D eigenvalue weighted by molar-refractivity contribution is -0.132. The molecule has 0 spiro atoms. The SMILES string of the molecule is C=C(CCOc1c(Cl)cc(Cl)cc1Cl)C(=O)O. The van der Waals surface area contributed by atoms with Crippen LogP contribution in [-0.4, -0.2) is 17.7 Å². The van der Waals surface area contributed by atoms with Crippen LogP contribution in [-0.2, 0) is 4.79 Å². The van der Waals surface area contributed by atoms with Crippen LogP contribution in [0.4, 0.5) is 0 Å². The lowest BCUT2D eigenvalue weighted by atomic mass is 10.2. The van der Waals surface area contributed by atoms with Crippen molar-refractivity contribution < 1.29 is 14.6 Å². The maximum absolute atomic E-state index is 10.5. The molecule has 6 heteroatoms. The predicted octanol–water partition coefficient (Wildman–Crippen LogP) is 4.06. The van der Waals surface area contributed by atoms with Gasteiger partial charge in [0.2, 0.25) is 0 Å². The molecule has 0 bridgehead atoms. The van der Waals surface area contributed by atoms with Crippen molar-refractivity contribution >= 4 is 40.8 Å². The number of aliphatic carboxylic acids is 1. The molecule has 0 heterocycles. The highest BCUT2D eigenvalue weighted by atomic mass is 35.5. The zero-order valence-corrected chi connectivity index (χ0v) is 10.9. The molecule has 1 rings (SSSR count). The summed E-state index contributed by atoms with van der Waals surface area (Å²) >= 11 is 17.5. The number of carbonyl (C=O) groups is 1. The number of carboxylic acids is 1. The number of halogens is 3. The van der Waals surface area contributed by atoms with Gasteiger partial charge in [0, 0.05) is 17.0 Å². The zero-order valence-electron chi connectivity index (χ0n) is 8.67. The standard InChI is InChI=1S/C11H9Cl3O3/c1-6(11(15)16)2-3-17-10-8(13)4-7(12)5-9(10)14/h4-5H,1-3H2,(H,15,16). The van der Waals surface area contributed by atoms with E-state index in [1.165, 1.54) is 12.1 Å². The van der Waals surface area contributed by atoms with E-state index in [0.717, 1.165) is 0 Å². The van der Waals surface area contributed by atoms with E-state index < -0.39 is 5.97 Å². The first-order valence-corrected chi connectivity index (χ1v) is 5.73. The molecule has 0 unspecified atom stereocenters. The van der Waals surface area contributed by atoms with Gasteiger partial charge < -0.3 is 9.84 Å². The second-order valence-corrected chi connectivity index (χ2v) is 4.46. The van der Waals surface area contributed by atoms with Gasteiger partial charge in [0.25, 0.3) is 0 Å². The molecule has 1 aromatic rings. The molecule has 1 aromatic carbocycles. The summed E-state index contributed by atoms with van der Waals surface area (Å²) in [7, 11) is 0. The number of benzene rings is 1.